The second-order valence-electron chi connectivity index (χ2n) is 3.64. The number of rotatable bonds is 3. The van der Waals surface area contributed by atoms with Gasteiger partial charge in [0.2, 0.25) is 0 Å². The highest BCUT2D eigenvalue weighted by Gasteiger charge is 2.18. The van der Waals surface area contributed by atoms with Crippen molar-refractivity contribution in [3.8, 4) is 0 Å². The highest BCUT2D eigenvalue weighted by Crippen LogP contribution is 2.40. The Kier molecular flexibility index (Phi) is 2.51. The van der Waals surface area contributed by atoms with Gasteiger partial charge in [0.05, 0.1) is 0 Å². The molecular weight excluding hydrogens is 175 g/mol. The van der Waals surface area contributed by atoms with Crippen LogP contribution in [0.1, 0.15) is 33.1 Å². The van der Waals surface area contributed by atoms with E-state index in [0.29, 0.717) is 0 Å². The Bertz CT molecular complexity index is 340. The molecule has 13 heavy (non-hydrogen) atoms. The number of hydrogen-bond acceptors (Lipinski definition) is 0. The number of fused-ring (bicyclic) bond motifs is 1. The predicted octanol–water partition coefficient (Wildman–Crippen LogP) is 4.08. The summed E-state index contributed by atoms with van der Waals surface area (Å²) in [6.07, 6.45) is 8.44. The number of unbranched alkanes of at least 4 members (excludes halogenated alkanes) is 1. The van der Waals surface area contributed by atoms with E-state index in [9.17, 15) is 0 Å². The summed E-state index contributed by atoms with van der Waals surface area (Å²) in [6.45, 7) is 4.50. The van der Waals surface area contributed by atoms with E-state index in [2.05, 4.69) is 31.8 Å². The van der Waals surface area contributed by atoms with Crippen LogP contribution >= 0.6 is 8.20 Å². The molecule has 68 valence electrons. The Labute approximate surface area is 81.8 Å². The first-order valence-electron chi connectivity index (χ1n) is 4.99. The minimum atomic E-state index is 1.26. The molecule has 1 heterocycles. The van der Waals surface area contributed by atoms with Crippen molar-refractivity contribution in [2.24, 2.45) is 0 Å². The van der Waals surface area contributed by atoms with Gasteiger partial charge in [0.1, 0.15) is 0 Å². The van der Waals surface area contributed by atoms with Crippen LogP contribution in [0, 0.1) is 0 Å². The third-order valence-corrected chi connectivity index (χ3v) is 3.65. The largest absolute Gasteiger partial charge is 0.0719 e. The van der Waals surface area contributed by atoms with Gasteiger partial charge in [-0.2, -0.15) is 0 Å². The SMILES string of the molecule is CCCCC1=CC=C2C=PC(C)=C21. The molecule has 2 aliphatic rings. The Morgan fingerprint density at radius 3 is 2.92 bits per heavy atom. The van der Waals surface area contributed by atoms with E-state index in [1.807, 2.05) is 0 Å². The molecule has 0 aromatic carbocycles. The summed E-state index contributed by atoms with van der Waals surface area (Å²) in [4.78, 5) is 0. The van der Waals surface area contributed by atoms with Crippen molar-refractivity contribution >= 4 is 14.0 Å². The van der Waals surface area contributed by atoms with Crippen molar-refractivity contribution in [3.63, 3.8) is 0 Å². The summed E-state index contributed by atoms with van der Waals surface area (Å²) >= 11 is 0. The molecule has 0 spiro atoms. The van der Waals surface area contributed by atoms with Gasteiger partial charge in [-0.15, -0.1) is 0 Å². The summed E-state index contributed by atoms with van der Waals surface area (Å²) in [5.74, 6) is 2.32. The van der Waals surface area contributed by atoms with E-state index >= 15 is 0 Å². The average Bonchev–Trinajstić information content (AvgIpc) is 2.67. The van der Waals surface area contributed by atoms with Crippen LogP contribution in [0.5, 0.6) is 0 Å². The molecule has 0 radical (unpaired) electrons. The van der Waals surface area contributed by atoms with Gasteiger partial charge in [-0.3, -0.25) is 0 Å². The maximum Gasteiger partial charge on any atom is -0.00735 e. The maximum absolute atomic E-state index is 2.32. The molecule has 1 aliphatic carbocycles. The third-order valence-electron chi connectivity index (χ3n) is 2.63. The topological polar surface area (TPSA) is 0 Å². The smallest absolute Gasteiger partial charge is 0.00735 e. The fourth-order valence-corrected chi connectivity index (χ4v) is 2.85. The zero-order valence-corrected chi connectivity index (χ0v) is 9.20. The Morgan fingerprint density at radius 1 is 1.31 bits per heavy atom. The van der Waals surface area contributed by atoms with Gasteiger partial charge in [-0.1, -0.05) is 33.7 Å². The standard InChI is InChI=1S/C12H15P/c1-3-4-5-10-6-7-11-8-13-9(2)12(10)11/h6-8H,3-5H2,1-2H3. The second-order valence-corrected chi connectivity index (χ2v) is 4.82. The minimum absolute atomic E-state index is 1.26. The van der Waals surface area contributed by atoms with Crippen LogP contribution in [0.15, 0.2) is 34.2 Å². The Morgan fingerprint density at radius 2 is 2.15 bits per heavy atom. The van der Waals surface area contributed by atoms with Crippen LogP contribution in [-0.4, -0.2) is 5.80 Å². The van der Waals surface area contributed by atoms with Crippen LogP contribution in [-0.2, 0) is 0 Å². The van der Waals surface area contributed by atoms with Gasteiger partial charge in [0.15, 0.2) is 0 Å². The predicted molar refractivity (Wildman–Crippen MR) is 61.4 cm³/mol. The first-order valence-corrected chi connectivity index (χ1v) is 5.96. The van der Waals surface area contributed by atoms with E-state index in [0.717, 1.165) is 0 Å². The molecule has 0 aromatic heterocycles. The quantitative estimate of drug-likeness (QED) is 0.588. The molecule has 2 rings (SSSR count). The second kappa shape index (κ2) is 3.64. The van der Waals surface area contributed by atoms with Crippen molar-refractivity contribution in [2.45, 2.75) is 33.1 Å². The van der Waals surface area contributed by atoms with Crippen molar-refractivity contribution in [3.05, 3.63) is 34.2 Å². The van der Waals surface area contributed by atoms with Crippen molar-refractivity contribution in [1.82, 2.24) is 0 Å². The lowest BCUT2D eigenvalue weighted by molar-refractivity contribution is 0.795. The molecule has 0 amide bonds. The van der Waals surface area contributed by atoms with Crippen molar-refractivity contribution in [1.29, 1.82) is 0 Å². The Hall–Kier alpha value is -0.610. The number of allylic oxidation sites excluding steroid dienone is 6. The molecule has 0 fully saturated rings. The monoisotopic (exact) mass is 190 g/mol. The van der Waals surface area contributed by atoms with Crippen LogP contribution < -0.4 is 0 Å². The summed E-state index contributed by atoms with van der Waals surface area (Å²) in [5, 5.41) is 1.53. The van der Waals surface area contributed by atoms with Gasteiger partial charge in [0, 0.05) is 0 Å². The summed E-state index contributed by atoms with van der Waals surface area (Å²) < 4.78 is 0. The molecular formula is C12H15P. The average molecular weight is 190 g/mol. The van der Waals surface area contributed by atoms with Gasteiger partial charge < -0.3 is 0 Å². The fraction of sp³-hybridized carbons (Fsp3) is 0.417. The van der Waals surface area contributed by atoms with E-state index in [1.165, 1.54) is 38.4 Å². The zero-order valence-electron chi connectivity index (χ0n) is 8.30. The summed E-state index contributed by atoms with van der Waals surface area (Å²) in [7, 11) is 1.40. The van der Waals surface area contributed by atoms with Gasteiger partial charge in [-0.05, 0) is 47.6 Å². The zero-order chi connectivity index (χ0) is 9.26. The van der Waals surface area contributed by atoms with E-state index < -0.39 is 0 Å². The van der Waals surface area contributed by atoms with Crippen LogP contribution in [0.2, 0.25) is 0 Å². The molecule has 0 unspecified atom stereocenters. The molecule has 0 saturated carbocycles. The number of hydrogen-bond donors (Lipinski definition) is 0. The first-order chi connectivity index (χ1) is 6.33. The van der Waals surface area contributed by atoms with Crippen molar-refractivity contribution < 1.29 is 0 Å². The van der Waals surface area contributed by atoms with E-state index in [1.54, 1.807) is 11.1 Å². The lowest BCUT2D eigenvalue weighted by Crippen LogP contribution is -1.88. The highest BCUT2D eigenvalue weighted by molar-refractivity contribution is 7.44. The van der Waals surface area contributed by atoms with E-state index in [4.69, 9.17) is 0 Å². The first kappa shape index (κ1) is 8.97. The highest BCUT2D eigenvalue weighted by atomic mass is 31.1. The van der Waals surface area contributed by atoms with Gasteiger partial charge in [-0.25, -0.2) is 0 Å². The van der Waals surface area contributed by atoms with Crippen LogP contribution in [0.25, 0.3) is 0 Å². The summed E-state index contributed by atoms with van der Waals surface area (Å²) in [6, 6.07) is 0. The molecule has 1 heteroatoms. The summed E-state index contributed by atoms with van der Waals surface area (Å²) in [5.41, 5.74) is 4.58. The molecule has 0 aromatic rings. The molecule has 0 bridgehead atoms. The van der Waals surface area contributed by atoms with Gasteiger partial charge >= 0.3 is 0 Å². The third kappa shape index (κ3) is 1.56. The molecule has 0 saturated heterocycles. The van der Waals surface area contributed by atoms with Gasteiger partial charge in [0.25, 0.3) is 0 Å². The molecule has 0 nitrogen and oxygen atoms in total. The fourth-order valence-electron chi connectivity index (χ4n) is 1.90. The van der Waals surface area contributed by atoms with E-state index in [-0.39, 0.29) is 0 Å². The lowest BCUT2D eigenvalue weighted by Gasteiger charge is -2.05. The minimum Gasteiger partial charge on any atom is -0.0719 e. The van der Waals surface area contributed by atoms with Crippen LogP contribution in [0.4, 0.5) is 0 Å². The maximum atomic E-state index is 2.32. The lowest BCUT2D eigenvalue weighted by atomic mass is 10.00. The van der Waals surface area contributed by atoms with Crippen LogP contribution in [0.3, 0.4) is 0 Å². The molecule has 0 N–H and O–H groups in total. The molecule has 0 atom stereocenters. The normalized spacial score (nSPS) is 20.5. The van der Waals surface area contributed by atoms with Crippen molar-refractivity contribution in [2.75, 3.05) is 0 Å². The molecule has 1 aliphatic heterocycles. The Balaban J connectivity index is 2.15.